The molecule has 2 aromatic rings. The van der Waals surface area contributed by atoms with Gasteiger partial charge >= 0.3 is 6.18 Å². The Morgan fingerprint density at radius 3 is 2.52 bits per heavy atom. The van der Waals surface area contributed by atoms with E-state index in [1.807, 2.05) is 0 Å². The molecule has 1 saturated heterocycles. The third kappa shape index (κ3) is 5.82. The summed E-state index contributed by atoms with van der Waals surface area (Å²) in [6.07, 6.45) is -0.0872. The number of hydrogen-bond acceptors (Lipinski definition) is 5. The highest BCUT2D eigenvalue weighted by Crippen LogP contribution is 2.34. The van der Waals surface area contributed by atoms with Gasteiger partial charge in [0.2, 0.25) is 11.8 Å². The Bertz CT molecular complexity index is 850. The first kappa shape index (κ1) is 20.9. The van der Waals surface area contributed by atoms with Gasteiger partial charge in [-0.25, -0.2) is 4.98 Å². The molecule has 1 aliphatic rings. The van der Waals surface area contributed by atoms with E-state index in [1.54, 1.807) is 13.0 Å². The first-order chi connectivity index (χ1) is 13.8. The highest BCUT2D eigenvalue weighted by atomic mass is 19.4. The van der Waals surface area contributed by atoms with Gasteiger partial charge in [-0.15, -0.1) is 0 Å². The van der Waals surface area contributed by atoms with Crippen molar-refractivity contribution >= 4 is 17.5 Å². The Morgan fingerprint density at radius 2 is 1.83 bits per heavy atom. The second-order valence-electron chi connectivity index (χ2n) is 6.93. The largest absolute Gasteiger partial charge is 0.467 e. The Balaban J connectivity index is 1.65. The van der Waals surface area contributed by atoms with Gasteiger partial charge < -0.3 is 15.0 Å². The molecule has 1 fully saturated rings. The zero-order valence-corrected chi connectivity index (χ0v) is 16.1. The van der Waals surface area contributed by atoms with E-state index in [1.165, 1.54) is 31.0 Å². The summed E-state index contributed by atoms with van der Waals surface area (Å²) in [4.78, 5) is 23.0. The number of amides is 1. The molecule has 0 radical (unpaired) electrons. The highest BCUT2D eigenvalue weighted by Gasteiger charge is 2.33. The second-order valence-corrected chi connectivity index (χ2v) is 6.93. The van der Waals surface area contributed by atoms with Crippen LogP contribution in [0.3, 0.4) is 0 Å². The minimum atomic E-state index is -4.56. The number of carbonyl (C=O) groups excluding carboxylic acids is 1. The van der Waals surface area contributed by atoms with Gasteiger partial charge in [-0.2, -0.15) is 18.2 Å². The number of rotatable bonds is 5. The fourth-order valence-electron chi connectivity index (χ4n) is 3.18. The van der Waals surface area contributed by atoms with Gasteiger partial charge in [0.15, 0.2) is 6.61 Å². The van der Waals surface area contributed by atoms with Crippen molar-refractivity contribution in [2.75, 3.05) is 29.9 Å². The topological polar surface area (TPSA) is 67.3 Å². The summed E-state index contributed by atoms with van der Waals surface area (Å²) in [7, 11) is 0. The number of anilines is 2. The van der Waals surface area contributed by atoms with E-state index >= 15 is 0 Å². The highest BCUT2D eigenvalue weighted by molar-refractivity contribution is 5.92. The molecule has 0 saturated carbocycles. The van der Waals surface area contributed by atoms with Crippen molar-refractivity contribution in [2.45, 2.75) is 38.8 Å². The normalized spacial score (nSPS) is 15.0. The molecule has 6 nitrogen and oxygen atoms in total. The number of nitrogens with one attached hydrogen (secondary N) is 1. The maximum absolute atomic E-state index is 13.0. The Hall–Kier alpha value is -2.84. The lowest BCUT2D eigenvalue weighted by Crippen LogP contribution is -2.27. The first-order valence-corrected chi connectivity index (χ1v) is 9.52. The van der Waals surface area contributed by atoms with Crippen molar-refractivity contribution in [1.29, 1.82) is 0 Å². The van der Waals surface area contributed by atoms with Crippen molar-refractivity contribution < 1.29 is 22.7 Å². The monoisotopic (exact) mass is 408 g/mol. The van der Waals surface area contributed by atoms with Crippen LogP contribution in [0.25, 0.3) is 0 Å². The Labute approximate surface area is 167 Å². The number of hydrogen-bond donors (Lipinski definition) is 1. The minimum absolute atomic E-state index is 0.219. The number of aryl methyl sites for hydroxylation is 1. The van der Waals surface area contributed by atoms with E-state index in [2.05, 4.69) is 20.2 Å². The fourth-order valence-corrected chi connectivity index (χ4v) is 3.18. The quantitative estimate of drug-likeness (QED) is 0.803. The molecule has 9 heteroatoms. The molecular formula is C20H23F3N4O2. The van der Waals surface area contributed by atoms with Crippen molar-refractivity contribution in [3.63, 3.8) is 0 Å². The van der Waals surface area contributed by atoms with Crippen LogP contribution in [0.15, 0.2) is 30.3 Å². The standard InChI is InChI=1S/C20H23F3N4O2/c1-14-12-18(26-19(24-14)27-10-6-2-3-7-11-27)29-13-17(28)25-16-9-5-4-8-15(16)20(21,22)23/h4-5,8-9,12H,2-3,6-7,10-11,13H2,1H3,(H,25,28). The number of halogens is 3. The average molecular weight is 408 g/mol. The van der Waals surface area contributed by atoms with Gasteiger partial charge in [0.25, 0.3) is 5.91 Å². The molecule has 0 atom stereocenters. The number of ether oxygens (including phenoxy) is 1. The van der Waals surface area contributed by atoms with Crippen molar-refractivity contribution in [2.24, 2.45) is 0 Å². The third-order valence-corrected chi connectivity index (χ3v) is 4.57. The Kier molecular flexibility index (Phi) is 6.56. The van der Waals surface area contributed by atoms with E-state index in [0.717, 1.165) is 32.0 Å². The van der Waals surface area contributed by atoms with E-state index < -0.39 is 24.3 Å². The summed E-state index contributed by atoms with van der Waals surface area (Å²) >= 11 is 0. The van der Waals surface area contributed by atoms with Crippen LogP contribution in [-0.4, -0.2) is 35.6 Å². The van der Waals surface area contributed by atoms with Gasteiger partial charge in [-0.3, -0.25) is 4.79 Å². The summed E-state index contributed by atoms with van der Waals surface area (Å²) in [5, 5.41) is 2.25. The molecule has 1 aromatic heterocycles. The van der Waals surface area contributed by atoms with E-state index in [-0.39, 0.29) is 11.6 Å². The van der Waals surface area contributed by atoms with Crippen LogP contribution < -0.4 is 15.0 Å². The fraction of sp³-hybridized carbons (Fsp3) is 0.450. The van der Waals surface area contributed by atoms with Gasteiger partial charge in [0.1, 0.15) is 0 Å². The SMILES string of the molecule is Cc1cc(OCC(=O)Nc2ccccc2C(F)(F)F)nc(N2CCCCCC2)n1. The van der Waals surface area contributed by atoms with Crippen molar-refractivity contribution in [3.05, 3.63) is 41.6 Å². The molecule has 1 aliphatic heterocycles. The van der Waals surface area contributed by atoms with Gasteiger partial charge in [-0.05, 0) is 31.9 Å². The lowest BCUT2D eigenvalue weighted by atomic mass is 10.1. The summed E-state index contributed by atoms with van der Waals surface area (Å²) in [5.41, 5.74) is -0.524. The number of para-hydroxylation sites is 1. The number of alkyl halides is 3. The average Bonchev–Trinajstić information content (AvgIpc) is 2.95. The van der Waals surface area contributed by atoms with E-state index in [0.29, 0.717) is 11.6 Å². The number of carbonyl (C=O) groups is 1. The molecule has 1 amide bonds. The molecule has 1 N–H and O–H groups in total. The number of benzene rings is 1. The maximum atomic E-state index is 13.0. The molecule has 0 unspecified atom stereocenters. The summed E-state index contributed by atoms with van der Waals surface area (Å²) in [6, 6.07) is 6.40. The van der Waals surface area contributed by atoms with Crippen LogP contribution in [-0.2, 0) is 11.0 Å². The molecule has 1 aromatic carbocycles. The van der Waals surface area contributed by atoms with Gasteiger partial charge in [0, 0.05) is 24.8 Å². The predicted molar refractivity (Wildman–Crippen MR) is 103 cm³/mol. The lowest BCUT2D eigenvalue weighted by Gasteiger charge is -2.21. The zero-order chi connectivity index (χ0) is 20.9. The number of aromatic nitrogens is 2. The van der Waals surface area contributed by atoms with Gasteiger partial charge in [-0.1, -0.05) is 25.0 Å². The van der Waals surface area contributed by atoms with Crippen LogP contribution in [0.5, 0.6) is 5.88 Å². The zero-order valence-electron chi connectivity index (χ0n) is 16.1. The smallest absolute Gasteiger partial charge is 0.418 e. The third-order valence-electron chi connectivity index (χ3n) is 4.57. The molecule has 3 rings (SSSR count). The minimum Gasteiger partial charge on any atom is -0.467 e. The van der Waals surface area contributed by atoms with Gasteiger partial charge in [0.05, 0.1) is 11.3 Å². The van der Waals surface area contributed by atoms with E-state index in [9.17, 15) is 18.0 Å². The van der Waals surface area contributed by atoms with E-state index in [4.69, 9.17) is 4.74 Å². The summed E-state index contributed by atoms with van der Waals surface area (Å²) in [6.45, 7) is 3.06. The molecule has 156 valence electrons. The number of nitrogens with zero attached hydrogens (tertiary/aromatic N) is 3. The van der Waals surface area contributed by atoms with Crippen LogP contribution in [0.4, 0.5) is 24.8 Å². The molecule has 2 heterocycles. The second kappa shape index (κ2) is 9.11. The van der Waals surface area contributed by atoms with Crippen LogP contribution in [0.2, 0.25) is 0 Å². The Morgan fingerprint density at radius 1 is 1.14 bits per heavy atom. The van der Waals surface area contributed by atoms with Crippen LogP contribution in [0.1, 0.15) is 36.9 Å². The molecule has 29 heavy (non-hydrogen) atoms. The molecule has 0 aliphatic carbocycles. The van der Waals surface area contributed by atoms with Crippen molar-refractivity contribution in [1.82, 2.24) is 9.97 Å². The molecular weight excluding hydrogens is 385 g/mol. The molecule has 0 bridgehead atoms. The first-order valence-electron chi connectivity index (χ1n) is 9.52. The molecule has 0 spiro atoms. The van der Waals surface area contributed by atoms with Crippen LogP contribution in [0, 0.1) is 6.92 Å². The lowest BCUT2D eigenvalue weighted by molar-refractivity contribution is -0.137. The summed E-state index contributed by atoms with van der Waals surface area (Å²) < 4.78 is 44.6. The summed E-state index contributed by atoms with van der Waals surface area (Å²) in [5.74, 6) is 0.0648. The van der Waals surface area contributed by atoms with Crippen molar-refractivity contribution in [3.8, 4) is 5.88 Å². The predicted octanol–water partition coefficient (Wildman–Crippen LogP) is 4.20. The maximum Gasteiger partial charge on any atom is 0.418 e. The van der Waals surface area contributed by atoms with Crippen LogP contribution >= 0.6 is 0 Å².